The van der Waals surface area contributed by atoms with Gasteiger partial charge in [-0.3, -0.25) is 4.79 Å². The molecule has 0 saturated heterocycles. The van der Waals surface area contributed by atoms with Crippen molar-refractivity contribution in [2.24, 2.45) is 0 Å². The second-order valence-corrected chi connectivity index (χ2v) is 8.03. The first-order valence-electron chi connectivity index (χ1n) is 11.3. The molecule has 172 valence electrons. The Morgan fingerprint density at radius 1 is 0.618 bits per heavy atom. The molecule has 0 saturated carbocycles. The Hall–Kier alpha value is -4.25. The van der Waals surface area contributed by atoms with E-state index in [1.807, 2.05) is 48.5 Å². The number of rotatable bonds is 8. The van der Waals surface area contributed by atoms with Gasteiger partial charge < -0.3 is 20.9 Å². The fraction of sp³-hybridized carbons (Fsp3) is 0.138. The first-order chi connectivity index (χ1) is 16.5. The lowest BCUT2D eigenvalue weighted by atomic mass is 10.0. The molecular formula is C29H28N2O3. The summed E-state index contributed by atoms with van der Waals surface area (Å²) in [6, 6.07) is 25.7. The van der Waals surface area contributed by atoms with Crippen LogP contribution in [0.5, 0.6) is 23.0 Å². The predicted molar refractivity (Wildman–Crippen MR) is 137 cm³/mol. The third-order valence-corrected chi connectivity index (χ3v) is 5.66. The lowest BCUT2D eigenvalue weighted by Gasteiger charge is -2.12. The minimum absolute atomic E-state index is 0.184. The van der Waals surface area contributed by atoms with E-state index >= 15 is 0 Å². The Balaban J connectivity index is 1.48. The van der Waals surface area contributed by atoms with Crippen LogP contribution in [0.25, 0.3) is 0 Å². The molecular weight excluding hydrogens is 424 g/mol. The minimum Gasteiger partial charge on any atom is -0.455 e. The largest absolute Gasteiger partial charge is 0.455 e. The smallest absolute Gasteiger partial charge is 0.193 e. The summed E-state index contributed by atoms with van der Waals surface area (Å²) in [5.41, 5.74) is 16.5. The molecule has 4 rings (SSSR count). The van der Waals surface area contributed by atoms with Crippen LogP contribution < -0.4 is 20.9 Å². The first kappa shape index (κ1) is 22.9. The highest BCUT2D eigenvalue weighted by molar-refractivity contribution is 6.10. The topological polar surface area (TPSA) is 87.6 Å². The fourth-order valence-electron chi connectivity index (χ4n) is 3.57. The molecule has 0 fully saturated rings. The number of carbonyl (C=O) groups is 1. The van der Waals surface area contributed by atoms with Crippen LogP contribution in [0.15, 0.2) is 84.9 Å². The van der Waals surface area contributed by atoms with Crippen LogP contribution in [0.2, 0.25) is 0 Å². The molecule has 0 aliphatic rings. The monoisotopic (exact) mass is 452 g/mol. The van der Waals surface area contributed by atoms with Gasteiger partial charge in [-0.1, -0.05) is 38.1 Å². The maximum atomic E-state index is 13.0. The van der Waals surface area contributed by atoms with Crippen molar-refractivity contribution in [3.8, 4) is 23.0 Å². The molecule has 4 aromatic carbocycles. The molecule has 0 spiro atoms. The number of nitrogen functional groups attached to an aromatic ring is 2. The van der Waals surface area contributed by atoms with Gasteiger partial charge in [0.2, 0.25) is 0 Å². The van der Waals surface area contributed by atoms with Crippen molar-refractivity contribution >= 4 is 17.2 Å². The van der Waals surface area contributed by atoms with Gasteiger partial charge >= 0.3 is 0 Å². The molecule has 5 heteroatoms. The summed E-state index contributed by atoms with van der Waals surface area (Å²) in [6.07, 6.45) is 1.92. The minimum atomic E-state index is -0.184. The summed E-state index contributed by atoms with van der Waals surface area (Å²) >= 11 is 0. The zero-order valence-electron chi connectivity index (χ0n) is 19.4. The van der Waals surface area contributed by atoms with Crippen LogP contribution >= 0.6 is 0 Å². The summed E-state index contributed by atoms with van der Waals surface area (Å²) in [5, 5.41) is 0. The van der Waals surface area contributed by atoms with Crippen molar-refractivity contribution in [3.05, 3.63) is 107 Å². The molecule has 0 bridgehead atoms. The number of aryl methyl sites for hydroxylation is 2. The zero-order valence-corrected chi connectivity index (χ0v) is 19.4. The number of carbonyl (C=O) groups excluding carboxylic acids is 1. The Bertz CT molecular complexity index is 1200. The van der Waals surface area contributed by atoms with E-state index in [0.29, 0.717) is 45.5 Å². The Morgan fingerprint density at radius 3 is 1.32 bits per heavy atom. The number of ether oxygens (including phenoxy) is 2. The average Bonchev–Trinajstić information content (AvgIpc) is 2.87. The molecule has 0 amide bonds. The molecule has 5 nitrogen and oxygen atoms in total. The lowest BCUT2D eigenvalue weighted by molar-refractivity contribution is 0.103. The van der Waals surface area contributed by atoms with Gasteiger partial charge in [-0.25, -0.2) is 0 Å². The SMILES string of the molecule is CCc1ccc(Oc2ccc(C(=O)c3ccc(Oc4ccc(CC)cc4)c(N)c3)cc2N)cc1. The zero-order chi connectivity index (χ0) is 24.1. The molecule has 0 unspecified atom stereocenters. The third-order valence-electron chi connectivity index (χ3n) is 5.66. The van der Waals surface area contributed by atoms with Gasteiger partial charge in [0.25, 0.3) is 0 Å². The summed E-state index contributed by atoms with van der Waals surface area (Å²) in [5.74, 6) is 2.19. The van der Waals surface area contributed by atoms with Gasteiger partial charge in [0.05, 0.1) is 11.4 Å². The van der Waals surface area contributed by atoms with Crippen LogP contribution in [0.4, 0.5) is 11.4 Å². The van der Waals surface area contributed by atoms with E-state index < -0.39 is 0 Å². The second kappa shape index (κ2) is 10.1. The fourth-order valence-corrected chi connectivity index (χ4v) is 3.57. The Kier molecular flexibility index (Phi) is 6.83. The van der Waals surface area contributed by atoms with Crippen molar-refractivity contribution < 1.29 is 14.3 Å². The molecule has 0 radical (unpaired) electrons. The Labute approximate surface area is 199 Å². The number of hydrogen-bond donors (Lipinski definition) is 2. The van der Waals surface area contributed by atoms with E-state index in [1.165, 1.54) is 11.1 Å². The van der Waals surface area contributed by atoms with Crippen LogP contribution in [0, 0.1) is 0 Å². The number of anilines is 2. The van der Waals surface area contributed by atoms with Crippen LogP contribution in [0.3, 0.4) is 0 Å². The number of benzene rings is 4. The van der Waals surface area contributed by atoms with E-state index in [-0.39, 0.29) is 5.78 Å². The maximum absolute atomic E-state index is 13.0. The number of hydrogen-bond acceptors (Lipinski definition) is 5. The highest BCUT2D eigenvalue weighted by Gasteiger charge is 2.14. The summed E-state index contributed by atoms with van der Waals surface area (Å²) in [6.45, 7) is 4.20. The molecule has 0 heterocycles. The van der Waals surface area contributed by atoms with Crippen molar-refractivity contribution in [2.45, 2.75) is 26.7 Å². The van der Waals surface area contributed by atoms with Crippen LogP contribution in [-0.4, -0.2) is 5.78 Å². The summed E-state index contributed by atoms with van der Waals surface area (Å²) in [4.78, 5) is 13.0. The molecule has 0 aromatic heterocycles. The number of ketones is 1. The normalized spacial score (nSPS) is 10.6. The predicted octanol–water partition coefficient (Wildman–Crippen LogP) is 6.79. The third kappa shape index (κ3) is 5.21. The van der Waals surface area contributed by atoms with Gasteiger partial charge in [0.15, 0.2) is 5.78 Å². The molecule has 0 aliphatic carbocycles. The Morgan fingerprint density at radius 2 is 1.00 bits per heavy atom. The maximum Gasteiger partial charge on any atom is 0.193 e. The van der Waals surface area contributed by atoms with Crippen LogP contribution in [-0.2, 0) is 12.8 Å². The standard InChI is InChI=1S/C29H28N2O3/c1-3-19-5-11-23(12-6-19)33-27-15-9-21(17-25(27)30)29(32)22-10-16-28(26(31)18-22)34-24-13-7-20(4-2)8-14-24/h5-18H,3-4,30-31H2,1-2H3. The van der Waals surface area contributed by atoms with Gasteiger partial charge in [0.1, 0.15) is 23.0 Å². The molecule has 4 aromatic rings. The quantitative estimate of drug-likeness (QED) is 0.227. The number of nitrogens with two attached hydrogens (primary N) is 2. The van der Waals surface area contributed by atoms with Crippen molar-refractivity contribution in [1.82, 2.24) is 0 Å². The van der Waals surface area contributed by atoms with Crippen LogP contribution in [0.1, 0.15) is 40.9 Å². The lowest BCUT2D eigenvalue weighted by Crippen LogP contribution is -2.04. The van der Waals surface area contributed by atoms with Crippen molar-refractivity contribution in [1.29, 1.82) is 0 Å². The second-order valence-electron chi connectivity index (χ2n) is 8.03. The summed E-state index contributed by atoms with van der Waals surface area (Å²) in [7, 11) is 0. The molecule has 0 atom stereocenters. The van der Waals surface area contributed by atoms with Gasteiger partial charge in [-0.2, -0.15) is 0 Å². The highest BCUT2D eigenvalue weighted by Crippen LogP contribution is 2.31. The van der Waals surface area contributed by atoms with Gasteiger partial charge in [-0.05, 0) is 84.6 Å². The van der Waals surface area contributed by atoms with Gasteiger partial charge in [0, 0.05) is 11.1 Å². The van der Waals surface area contributed by atoms with E-state index in [9.17, 15) is 4.79 Å². The molecule has 0 aliphatic heterocycles. The van der Waals surface area contributed by atoms with E-state index in [4.69, 9.17) is 20.9 Å². The van der Waals surface area contributed by atoms with Crippen molar-refractivity contribution in [2.75, 3.05) is 11.5 Å². The molecule has 4 N–H and O–H groups in total. The van der Waals surface area contributed by atoms with Crippen molar-refractivity contribution in [3.63, 3.8) is 0 Å². The molecule has 34 heavy (non-hydrogen) atoms. The van der Waals surface area contributed by atoms with E-state index in [0.717, 1.165) is 12.8 Å². The van der Waals surface area contributed by atoms with Gasteiger partial charge in [-0.15, -0.1) is 0 Å². The van der Waals surface area contributed by atoms with E-state index in [2.05, 4.69) is 13.8 Å². The highest BCUT2D eigenvalue weighted by atomic mass is 16.5. The first-order valence-corrected chi connectivity index (χ1v) is 11.3. The summed E-state index contributed by atoms with van der Waals surface area (Å²) < 4.78 is 11.8. The van der Waals surface area contributed by atoms with E-state index in [1.54, 1.807) is 36.4 Å². The average molecular weight is 453 g/mol.